The van der Waals surface area contributed by atoms with Crippen LogP contribution in [0.25, 0.3) is 0 Å². The van der Waals surface area contributed by atoms with Crippen LogP contribution in [0.15, 0.2) is 36.9 Å². The third-order valence-electron chi connectivity index (χ3n) is 2.69. The van der Waals surface area contributed by atoms with Gasteiger partial charge in [0.05, 0.1) is 18.4 Å². The molecule has 0 saturated heterocycles. The first-order valence-electron chi connectivity index (χ1n) is 5.91. The summed E-state index contributed by atoms with van der Waals surface area (Å²) in [5.74, 6) is 0.373. The molecule has 98 valence electrons. The topological polar surface area (TPSA) is 79.8 Å². The summed E-state index contributed by atoms with van der Waals surface area (Å²) in [6.45, 7) is 1.91. The SMILES string of the molecule is CNc1cnc(C(=O)NC(C)c2ccncc2)cn1. The van der Waals surface area contributed by atoms with Crippen LogP contribution >= 0.6 is 0 Å². The molecule has 2 aromatic heterocycles. The van der Waals surface area contributed by atoms with Crippen LogP contribution in [0.1, 0.15) is 29.0 Å². The molecule has 1 unspecified atom stereocenters. The van der Waals surface area contributed by atoms with Crippen molar-refractivity contribution >= 4 is 11.7 Å². The number of nitrogens with one attached hydrogen (secondary N) is 2. The van der Waals surface area contributed by atoms with Crippen molar-refractivity contribution in [2.75, 3.05) is 12.4 Å². The predicted molar refractivity (Wildman–Crippen MR) is 71.7 cm³/mol. The second-order valence-corrected chi connectivity index (χ2v) is 4.01. The summed E-state index contributed by atoms with van der Waals surface area (Å²) < 4.78 is 0. The number of aromatic nitrogens is 3. The molecule has 0 aromatic carbocycles. The smallest absolute Gasteiger partial charge is 0.271 e. The molecule has 6 heteroatoms. The molecule has 0 saturated carbocycles. The van der Waals surface area contributed by atoms with E-state index in [4.69, 9.17) is 0 Å². The van der Waals surface area contributed by atoms with Crippen LogP contribution in [0.5, 0.6) is 0 Å². The van der Waals surface area contributed by atoms with Crippen molar-refractivity contribution in [1.82, 2.24) is 20.3 Å². The van der Waals surface area contributed by atoms with Crippen molar-refractivity contribution < 1.29 is 4.79 Å². The standard InChI is InChI=1S/C13H15N5O/c1-9(10-3-5-15-6-4-10)18-13(19)11-7-17-12(14-2)8-16-11/h3-9H,1-2H3,(H,14,17)(H,18,19). The maximum Gasteiger partial charge on any atom is 0.271 e. The van der Waals surface area contributed by atoms with Crippen molar-refractivity contribution in [2.45, 2.75) is 13.0 Å². The number of nitrogens with zero attached hydrogens (tertiary/aromatic N) is 3. The number of carbonyl (C=O) groups is 1. The lowest BCUT2D eigenvalue weighted by molar-refractivity contribution is 0.0934. The summed E-state index contributed by atoms with van der Waals surface area (Å²) in [6.07, 6.45) is 6.35. The van der Waals surface area contributed by atoms with Crippen molar-refractivity contribution in [3.05, 3.63) is 48.2 Å². The summed E-state index contributed by atoms with van der Waals surface area (Å²) in [7, 11) is 1.75. The Kier molecular flexibility index (Phi) is 4.02. The van der Waals surface area contributed by atoms with E-state index in [9.17, 15) is 4.79 Å². The van der Waals surface area contributed by atoms with Crippen LogP contribution < -0.4 is 10.6 Å². The lowest BCUT2D eigenvalue weighted by Gasteiger charge is -2.13. The fourth-order valence-electron chi connectivity index (χ4n) is 1.58. The number of rotatable bonds is 4. The lowest BCUT2D eigenvalue weighted by Crippen LogP contribution is -2.27. The second-order valence-electron chi connectivity index (χ2n) is 4.01. The molecule has 19 heavy (non-hydrogen) atoms. The fraction of sp³-hybridized carbons (Fsp3) is 0.231. The average Bonchev–Trinajstić information content (AvgIpc) is 2.48. The average molecular weight is 257 g/mol. The highest BCUT2D eigenvalue weighted by molar-refractivity contribution is 5.92. The maximum absolute atomic E-state index is 12.0. The molecule has 0 aliphatic carbocycles. The molecule has 1 atom stereocenters. The Labute approximate surface area is 111 Å². The van der Waals surface area contributed by atoms with Crippen LogP contribution in [0, 0.1) is 0 Å². The molecular weight excluding hydrogens is 242 g/mol. The molecule has 2 N–H and O–H groups in total. The van der Waals surface area contributed by atoms with Gasteiger partial charge in [0.25, 0.3) is 5.91 Å². The van der Waals surface area contributed by atoms with Crippen molar-refractivity contribution in [2.24, 2.45) is 0 Å². The summed E-state index contributed by atoms with van der Waals surface area (Å²) in [4.78, 5) is 24.0. The number of anilines is 1. The van der Waals surface area contributed by atoms with Crippen LogP contribution in [0.2, 0.25) is 0 Å². The molecule has 0 spiro atoms. The van der Waals surface area contributed by atoms with Crippen LogP contribution in [-0.2, 0) is 0 Å². The number of hydrogen-bond donors (Lipinski definition) is 2. The molecule has 2 heterocycles. The zero-order valence-electron chi connectivity index (χ0n) is 10.8. The van der Waals surface area contributed by atoms with Gasteiger partial charge >= 0.3 is 0 Å². The molecule has 0 aliphatic rings. The molecule has 1 amide bonds. The highest BCUT2D eigenvalue weighted by atomic mass is 16.1. The molecule has 2 rings (SSSR count). The first-order valence-corrected chi connectivity index (χ1v) is 5.91. The van der Waals surface area contributed by atoms with E-state index < -0.39 is 0 Å². The monoisotopic (exact) mass is 257 g/mol. The van der Waals surface area contributed by atoms with E-state index in [2.05, 4.69) is 25.6 Å². The number of carbonyl (C=O) groups excluding carboxylic acids is 1. The molecule has 2 aromatic rings. The quantitative estimate of drug-likeness (QED) is 0.865. The summed E-state index contributed by atoms with van der Waals surface area (Å²) in [6, 6.07) is 3.61. The molecule has 0 fully saturated rings. The van der Waals surface area contributed by atoms with E-state index in [0.717, 1.165) is 5.56 Å². The summed E-state index contributed by atoms with van der Waals surface area (Å²) >= 11 is 0. The zero-order chi connectivity index (χ0) is 13.7. The predicted octanol–water partition coefficient (Wildman–Crippen LogP) is 1.40. The van der Waals surface area contributed by atoms with E-state index in [1.807, 2.05) is 19.1 Å². The van der Waals surface area contributed by atoms with Crippen molar-refractivity contribution in [3.8, 4) is 0 Å². The Morgan fingerprint density at radius 2 is 1.95 bits per heavy atom. The second kappa shape index (κ2) is 5.90. The Bertz CT molecular complexity index is 541. The number of pyridine rings is 1. The normalized spacial score (nSPS) is 11.7. The number of hydrogen-bond acceptors (Lipinski definition) is 5. The van der Waals surface area contributed by atoms with E-state index in [-0.39, 0.29) is 11.9 Å². The van der Waals surface area contributed by atoms with Gasteiger partial charge in [-0.1, -0.05) is 0 Å². The Balaban J connectivity index is 2.04. The van der Waals surface area contributed by atoms with Gasteiger partial charge in [-0.2, -0.15) is 0 Å². The Morgan fingerprint density at radius 1 is 1.21 bits per heavy atom. The van der Waals surface area contributed by atoms with Crippen LogP contribution in [-0.4, -0.2) is 27.9 Å². The number of amides is 1. The first kappa shape index (κ1) is 12.9. The largest absolute Gasteiger partial charge is 0.372 e. The van der Waals surface area contributed by atoms with Gasteiger partial charge in [0.15, 0.2) is 0 Å². The van der Waals surface area contributed by atoms with Gasteiger partial charge in [-0.05, 0) is 24.6 Å². The van der Waals surface area contributed by atoms with Crippen molar-refractivity contribution in [1.29, 1.82) is 0 Å². The van der Waals surface area contributed by atoms with Gasteiger partial charge < -0.3 is 10.6 Å². The van der Waals surface area contributed by atoms with Gasteiger partial charge in [-0.3, -0.25) is 9.78 Å². The first-order chi connectivity index (χ1) is 9.20. The maximum atomic E-state index is 12.0. The lowest BCUT2D eigenvalue weighted by atomic mass is 10.1. The van der Waals surface area contributed by atoms with E-state index in [1.54, 1.807) is 19.4 Å². The van der Waals surface area contributed by atoms with Gasteiger partial charge in [-0.25, -0.2) is 9.97 Å². The third kappa shape index (κ3) is 3.25. The van der Waals surface area contributed by atoms with Gasteiger partial charge in [0.2, 0.25) is 0 Å². The van der Waals surface area contributed by atoms with Crippen molar-refractivity contribution in [3.63, 3.8) is 0 Å². The minimum absolute atomic E-state index is 0.110. The highest BCUT2D eigenvalue weighted by Gasteiger charge is 2.12. The molecule has 6 nitrogen and oxygen atoms in total. The van der Waals surface area contributed by atoms with E-state index in [0.29, 0.717) is 11.5 Å². The molecular formula is C13H15N5O. The van der Waals surface area contributed by atoms with Crippen LogP contribution in [0.3, 0.4) is 0 Å². The van der Waals surface area contributed by atoms with Gasteiger partial charge in [0.1, 0.15) is 11.5 Å². The summed E-state index contributed by atoms with van der Waals surface area (Å²) in [5, 5.41) is 5.71. The highest BCUT2D eigenvalue weighted by Crippen LogP contribution is 2.11. The van der Waals surface area contributed by atoms with Gasteiger partial charge in [-0.15, -0.1) is 0 Å². The Morgan fingerprint density at radius 3 is 2.53 bits per heavy atom. The molecule has 0 bridgehead atoms. The molecule has 0 aliphatic heterocycles. The summed E-state index contributed by atoms with van der Waals surface area (Å²) in [5.41, 5.74) is 1.28. The van der Waals surface area contributed by atoms with Crippen LogP contribution in [0.4, 0.5) is 5.82 Å². The zero-order valence-corrected chi connectivity index (χ0v) is 10.8. The fourth-order valence-corrected chi connectivity index (χ4v) is 1.58. The van der Waals surface area contributed by atoms with E-state index >= 15 is 0 Å². The molecule has 0 radical (unpaired) electrons. The minimum Gasteiger partial charge on any atom is -0.372 e. The minimum atomic E-state index is -0.250. The Hall–Kier alpha value is -2.50. The van der Waals surface area contributed by atoms with Gasteiger partial charge in [0, 0.05) is 19.4 Å². The third-order valence-corrected chi connectivity index (χ3v) is 2.69. The van der Waals surface area contributed by atoms with E-state index in [1.165, 1.54) is 12.4 Å².